The Morgan fingerprint density at radius 3 is 2.16 bits per heavy atom. The van der Waals surface area contributed by atoms with Crippen LogP contribution >= 0.6 is 0 Å². The van der Waals surface area contributed by atoms with Crippen LogP contribution in [0.15, 0.2) is 48.7 Å². The van der Waals surface area contributed by atoms with Crippen LogP contribution in [0.2, 0.25) is 0 Å². The lowest BCUT2D eigenvalue weighted by atomic mass is 9.99. The largest absolute Gasteiger partial charge is 0.369 e. The summed E-state index contributed by atoms with van der Waals surface area (Å²) in [4.78, 5) is 13.9. The first-order valence-corrected chi connectivity index (χ1v) is 8.19. The topological polar surface area (TPSA) is 69.1 Å². The van der Waals surface area contributed by atoms with Crippen molar-refractivity contribution in [1.29, 1.82) is 0 Å². The zero-order chi connectivity index (χ0) is 17.6. The second kappa shape index (κ2) is 5.70. The van der Waals surface area contributed by atoms with Gasteiger partial charge in [0.1, 0.15) is 5.65 Å². The molecule has 2 N–H and O–H groups in total. The number of nitrogen functional groups attached to an aromatic ring is 1. The van der Waals surface area contributed by atoms with Crippen molar-refractivity contribution in [3.63, 3.8) is 0 Å². The van der Waals surface area contributed by atoms with Crippen molar-refractivity contribution in [2.75, 3.05) is 5.73 Å². The minimum absolute atomic E-state index is 0.431. The van der Waals surface area contributed by atoms with Crippen LogP contribution in [-0.4, -0.2) is 19.4 Å². The predicted octanol–water partition coefficient (Wildman–Crippen LogP) is 3.97. The Balaban J connectivity index is 2.14. The van der Waals surface area contributed by atoms with E-state index >= 15 is 0 Å². The molecule has 3 aromatic heterocycles. The second-order valence-corrected chi connectivity index (χ2v) is 6.27. The third kappa shape index (κ3) is 2.63. The van der Waals surface area contributed by atoms with Gasteiger partial charge in [0.25, 0.3) is 0 Å². The molecule has 5 heteroatoms. The van der Waals surface area contributed by atoms with E-state index in [1.54, 1.807) is 0 Å². The van der Waals surface area contributed by atoms with E-state index in [1.165, 1.54) is 0 Å². The summed E-state index contributed by atoms with van der Waals surface area (Å²) in [6.07, 6.45) is 1.91. The maximum absolute atomic E-state index is 6.21. The van der Waals surface area contributed by atoms with Gasteiger partial charge in [-0.15, -0.1) is 0 Å². The number of nitrogens with zero attached hydrogens (tertiary/aromatic N) is 4. The van der Waals surface area contributed by atoms with Crippen molar-refractivity contribution in [3.8, 4) is 22.4 Å². The maximum atomic E-state index is 6.21. The van der Waals surface area contributed by atoms with Crippen molar-refractivity contribution in [2.24, 2.45) is 0 Å². The Bertz CT molecular complexity index is 1060. The Hall–Kier alpha value is -3.21. The van der Waals surface area contributed by atoms with E-state index in [2.05, 4.69) is 17.1 Å². The number of aromatic nitrogens is 4. The molecule has 25 heavy (non-hydrogen) atoms. The van der Waals surface area contributed by atoms with Crippen molar-refractivity contribution < 1.29 is 0 Å². The number of hydrogen-bond donors (Lipinski definition) is 1. The Morgan fingerprint density at radius 2 is 1.48 bits per heavy atom. The van der Waals surface area contributed by atoms with Crippen LogP contribution in [-0.2, 0) is 0 Å². The number of fused-ring (bicyclic) bond motifs is 1. The van der Waals surface area contributed by atoms with Gasteiger partial charge >= 0.3 is 0 Å². The zero-order valence-electron chi connectivity index (χ0n) is 14.5. The maximum Gasteiger partial charge on any atom is 0.206 e. The monoisotopic (exact) mass is 329 g/mol. The van der Waals surface area contributed by atoms with Gasteiger partial charge in [-0.2, -0.15) is 0 Å². The fraction of sp³-hybridized carbons (Fsp3) is 0.150. The molecule has 0 aliphatic carbocycles. The first-order chi connectivity index (χ1) is 12.0. The summed E-state index contributed by atoms with van der Waals surface area (Å²) >= 11 is 0. The quantitative estimate of drug-likeness (QED) is 0.604. The third-order valence-electron chi connectivity index (χ3n) is 4.18. The highest BCUT2D eigenvalue weighted by atomic mass is 15.1. The van der Waals surface area contributed by atoms with Gasteiger partial charge in [0, 0.05) is 23.1 Å². The molecule has 0 amide bonds. The van der Waals surface area contributed by atoms with Gasteiger partial charge in [0.05, 0.1) is 17.0 Å². The SMILES string of the molecule is Cc1cc(-c2c(-c3ccccc3)nc(N)n3cc(C)nc23)cc(C)n1. The molecule has 5 nitrogen and oxygen atoms in total. The molecule has 0 spiro atoms. The third-order valence-corrected chi connectivity index (χ3v) is 4.18. The Kier molecular flexibility index (Phi) is 3.50. The number of nitrogens with two attached hydrogens (primary N) is 1. The highest BCUT2D eigenvalue weighted by Crippen LogP contribution is 2.35. The normalized spacial score (nSPS) is 11.2. The zero-order valence-corrected chi connectivity index (χ0v) is 14.5. The van der Waals surface area contributed by atoms with Crippen LogP contribution in [0, 0.1) is 20.8 Å². The summed E-state index contributed by atoms with van der Waals surface area (Å²) in [5.41, 5.74) is 13.7. The van der Waals surface area contributed by atoms with Crippen LogP contribution in [0.25, 0.3) is 28.0 Å². The van der Waals surface area contributed by atoms with Gasteiger partial charge in [-0.3, -0.25) is 9.38 Å². The van der Waals surface area contributed by atoms with Gasteiger partial charge in [0.15, 0.2) is 0 Å². The van der Waals surface area contributed by atoms with Crippen LogP contribution in [0.3, 0.4) is 0 Å². The minimum Gasteiger partial charge on any atom is -0.369 e. The molecule has 0 radical (unpaired) electrons. The molecule has 0 fully saturated rings. The number of pyridine rings is 1. The molecule has 0 bridgehead atoms. The summed E-state index contributed by atoms with van der Waals surface area (Å²) in [5, 5.41) is 0. The van der Waals surface area contributed by atoms with Crippen LogP contribution in [0.1, 0.15) is 17.1 Å². The van der Waals surface area contributed by atoms with Crippen molar-refractivity contribution in [3.05, 3.63) is 65.7 Å². The van der Waals surface area contributed by atoms with E-state index in [1.807, 2.05) is 61.7 Å². The molecule has 0 saturated carbocycles. The van der Waals surface area contributed by atoms with E-state index in [9.17, 15) is 0 Å². The van der Waals surface area contributed by atoms with E-state index in [4.69, 9.17) is 15.7 Å². The number of aryl methyl sites for hydroxylation is 3. The van der Waals surface area contributed by atoms with E-state index < -0.39 is 0 Å². The van der Waals surface area contributed by atoms with E-state index in [-0.39, 0.29) is 0 Å². The van der Waals surface area contributed by atoms with Gasteiger partial charge in [-0.05, 0) is 38.5 Å². The first-order valence-electron chi connectivity index (χ1n) is 8.19. The minimum atomic E-state index is 0.431. The van der Waals surface area contributed by atoms with E-state index in [0.717, 1.165) is 45.1 Å². The predicted molar refractivity (Wildman–Crippen MR) is 100 cm³/mol. The lowest BCUT2D eigenvalue weighted by Crippen LogP contribution is -2.04. The van der Waals surface area contributed by atoms with Gasteiger partial charge in [-0.25, -0.2) is 9.97 Å². The highest BCUT2D eigenvalue weighted by molar-refractivity contribution is 5.91. The standard InChI is InChI=1S/C20H19N5/c1-12-9-16(10-13(2)22-12)17-18(15-7-5-4-6-8-15)24-20(21)25-11-14(3)23-19(17)25/h4-11H,1-3H3,(H2,21,24). The molecule has 0 aliphatic heterocycles. The summed E-state index contributed by atoms with van der Waals surface area (Å²) in [6, 6.07) is 14.2. The van der Waals surface area contributed by atoms with Gasteiger partial charge < -0.3 is 5.73 Å². The Labute approximate surface area is 146 Å². The molecule has 3 heterocycles. The molecule has 0 atom stereocenters. The second-order valence-electron chi connectivity index (χ2n) is 6.27. The molecule has 124 valence electrons. The molecule has 4 aromatic rings. The number of anilines is 1. The van der Waals surface area contributed by atoms with Crippen LogP contribution in [0.5, 0.6) is 0 Å². The molecular formula is C20H19N5. The number of benzene rings is 1. The average molecular weight is 329 g/mol. The van der Waals surface area contributed by atoms with Crippen molar-refractivity contribution in [2.45, 2.75) is 20.8 Å². The summed E-state index contributed by atoms with van der Waals surface area (Å²) in [6.45, 7) is 5.95. The molecular weight excluding hydrogens is 310 g/mol. The van der Waals surface area contributed by atoms with Gasteiger partial charge in [-0.1, -0.05) is 30.3 Å². The lowest BCUT2D eigenvalue weighted by molar-refractivity contribution is 1.10. The fourth-order valence-electron chi connectivity index (χ4n) is 3.23. The Morgan fingerprint density at radius 1 is 0.800 bits per heavy atom. The molecule has 4 rings (SSSR count). The number of imidazole rings is 1. The van der Waals surface area contributed by atoms with E-state index in [0.29, 0.717) is 5.95 Å². The smallest absolute Gasteiger partial charge is 0.206 e. The first kappa shape index (κ1) is 15.3. The molecule has 0 saturated heterocycles. The summed E-state index contributed by atoms with van der Waals surface area (Å²) in [7, 11) is 0. The van der Waals surface area contributed by atoms with Gasteiger partial charge in [0.2, 0.25) is 5.95 Å². The highest BCUT2D eigenvalue weighted by Gasteiger charge is 2.18. The number of rotatable bonds is 2. The lowest BCUT2D eigenvalue weighted by Gasteiger charge is -2.13. The summed E-state index contributed by atoms with van der Waals surface area (Å²) < 4.78 is 1.85. The summed E-state index contributed by atoms with van der Waals surface area (Å²) in [5.74, 6) is 0.431. The fourth-order valence-corrected chi connectivity index (χ4v) is 3.23. The molecule has 1 aromatic carbocycles. The van der Waals surface area contributed by atoms with Crippen molar-refractivity contribution in [1.82, 2.24) is 19.4 Å². The van der Waals surface area contributed by atoms with Crippen molar-refractivity contribution >= 4 is 11.6 Å². The average Bonchev–Trinajstić information content (AvgIpc) is 2.96. The van der Waals surface area contributed by atoms with Crippen LogP contribution < -0.4 is 5.73 Å². The number of hydrogen-bond acceptors (Lipinski definition) is 4. The molecule has 0 unspecified atom stereocenters. The molecule has 0 aliphatic rings. The van der Waals surface area contributed by atoms with Crippen LogP contribution in [0.4, 0.5) is 5.95 Å².